The average molecular weight is 290 g/mol. The Hall–Kier alpha value is -0.865. The fraction of sp³-hybridized carbons (Fsp3) is 0.647. The van der Waals surface area contributed by atoms with Crippen molar-refractivity contribution in [3.63, 3.8) is 0 Å². The normalized spacial score (nSPS) is 30.3. The van der Waals surface area contributed by atoms with Crippen LogP contribution in [0.25, 0.3) is 0 Å². The van der Waals surface area contributed by atoms with Crippen molar-refractivity contribution in [2.24, 2.45) is 0 Å². The first-order chi connectivity index (χ1) is 9.62. The average Bonchev–Trinajstić information content (AvgIpc) is 2.58. The molecule has 0 aromatic heterocycles. The summed E-state index contributed by atoms with van der Waals surface area (Å²) in [6.45, 7) is 9.81. The Bertz CT molecular complexity index is 550. The highest BCUT2D eigenvalue weighted by Crippen LogP contribution is 2.39. The summed E-state index contributed by atoms with van der Waals surface area (Å²) >= 11 is 0. The summed E-state index contributed by atoms with van der Waals surface area (Å²) in [6, 6.07) is 5.99. The number of alkyl halides is 1. The van der Waals surface area contributed by atoms with Crippen molar-refractivity contribution in [3.8, 4) is 0 Å². The maximum atomic E-state index is 14.8. The summed E-state index contributed by atoms with van der Waals surface area (Å²) < 4.78 is 26.9. The third-order valence-corrected chi connectivity index (χ3v) is 5.31. The molecule has 0 bridgehead atoms. The van der Waals surface area contributed by atoms with Crippen molar-refractivity contribution in [2.75, 3.05) is 0 Å². The van der Waals surface area contributed by atoms with E-state index in [9.17, 15) is 4.39 Å². The Morgan fingerprint density at radius 2 is 1.67 bits per heavy atom. The van der Waals surface area contributed by atoms with Crippen LogP contribution in [-0.4, -0.2) is 18.3 Å². The molecule has 0 radical (unpaired) electrons. The highest BCUT2D eigenvalue weighted by molar-refractivity contribution is 6.62. The summed E-state index contributed by atoms with van der Waals surface area (Å²) in [5, 5.41) is 0. The van der Waals surface area contributed by atoms with Gasteiger partial charge in [-0.2, -0.15) is 0 Å². The molecule has 3 rings (SSSR count). The lowest BCUT2D eigenvalue weighted by Gasteiger charge is -2.32. The molecule has 0 amide bonds. The summed E-state index contributed by atoms with van der Waals surface area (Å²) in [7, 11) is -0.418. The van der Waals surface area contributed by atoms with Crippen LogP contribution in [0.1, 0.15) is 58.6 Å². The quantitative estimate of drug-likeness (QED) is 0.737. The number of halogens is 1. The van der Waals surface area contributed by atoms with Gasteiger partial charge in [0.1, 0.15) is 5.67 Å². The van der Waals surface area contributed by atoms with E-state index in [2.05, 4.69) is 0 Å². The lowest BCUT2D eigenvalue weighted by molar-refractivity contribution is 0.00578. The SMILES string of the molecule is CC1(F)CCCc2ccc(B3OC(C)(C)C(C)(C)O3)cc21. The lowest BCUT2D eigenvalue weighted by Crippen LogP contribution is -2.41. The van der Waals surface area contributed by atoms with E-state index in [4.69, 9.17) is 9.31 Å². The zero-order valence-corrected chi connectivity index (χ0v) is 13.6. The molecule has 1 saturated heterocycles. The molecule has 1 fully saturated rings. The predicted octanol–water partition coefficient (Wildman–Crippen LogP) is 3.51. The summed E-state index contributed by atoms with van der Waals surface area (Å²) in [4.78, 5) is 0. The van der Waals surface area contributed by atoms with E-state index < -0.39 is 12.8 Å². The van der Waals surface area contributed by atoms with Gasteiger partial charge < -0.3 is 9.31 Å². The molecule has 4 heteroatoms. The highest BCUT2D eigenvalue weighted by Gasteiger charge is 2.52. The van der Waals surface area contributed by atoms with Gasteiger partial charge in [0.2, 0.25) is 0 Å². The molecular weight excluding hydrogens is 266 g/mol. The van der Waals surface area contributed by atoms with Crippen LogP contribution in [-0.2, 0) is 21.4 Å². The Kier molecular flexibility index (Phi) is 3.27. The van der Waals surface area contributed by atoms with Gasteiger partial charge in [0, 0.05) is 0 Å². The van der Waals surface area contributed by atoms with E-state index in [0.29, 0.717) is 6.42 Å². The number of hydrogen-bond donors (Lipinski definition) is 0. The minimum Gasteiger partial charge on any atom is -0.399 e. The van der Waals surface area contributed by atoms with Crippen LogP contribution in [0, 0.1) is 0 Å². The van der Waals surface area contributed by atoms with Crippen LogP contribution in [0.5, 0.6) is 0 Å². The Morgan fingerprint density at radius 1 is 1.05 bits per heavy atom. The van der Waals surface area contributed by atoms with Gasteiger partial charge in [0.05, 0.1) is 11.2 Å². The molecule has 0 spiro atoms. The topological polar surface area (TPSA) is 18.5 Å². The van der Waals surface area contributed by atoms with E-state index in [-0.39, 0.29) is 11.2 Å². The van der Waals surface area contributed by atoms with Gasteiger partial charge >= 0.3 is 7.12 Å². The first kappa shape index (κ1) is 15.0. The second-order valence-corrected chi connectivity index (χ2v) is 7.56. The molecule has 21 heavy (non-hydrogen) atoms. The summed E-state index contributed by atoms with van der Waals surface area (Å²) in [5.74, 6) is 0. The number of hydrogen-bond acceptors (Lipinski definition) is 2. The molecule has 1 atom stereocenters. The molecule has 1 aromatic rings. The maximum Gasteiger partial charge on any atom is 0.494 e. The van der Waals surface area contributed by atoms with Gasteiger partial charge in [-0.05, 0) is 70.5 Å². The Labute approximate surface area is 127 Å². The minimum absolute atomic E-state index is 0.368. The van der Waals surface area contributed by atoms with Crippen molar-refractivity contribution in [1.29, 1.82) is 0 Å². The van der Waals surface area contributed by atoms with Crippen LogP contribution >= 0.6 is 0 Å². The van der Waals surface area contributed by atoms with Crippen LogP contribution in [0.2, 0.25) is 0 Å². The van der Waals surface area contributed by atoms with Gasteiger partial charge in [0.15, 0.2) is 0 Å². The molecule has 1 heterocycles. The zero-order chi connectivity index (χ0) is 15.5. The predicted molar refractivity (Wildman–Crippen MR) is 83.6 cm³/mol. The molecule has 1 aliphatic carbocycles. The van der Waals surface area contributed by atoms with Gasteiger partial charge in [-0.25, -0.2) is 4.39 Å². The number of benzene rings is 1. The second-order valence-electron chi connectivity index (χ2n) is 7.56. The fourth-order valence-corrected chi connectivity index (χ4v) is 3.17. The summed E-state index contributed by atoms with van der Waals surface area (Å²) in [5.41, 5.74) is 0.859. The van der Waals surface area contributed by atoms with Crippen LogP contribution in [0.4, 0.5) is 4.39 Å². The molecule has 1 aromatic carbocycles. The maximum absolute atomic E-state index is 14.8. The molecule has 1 unspecified atom stereocenters. The van der Waals surface area contributed by atoms with Crippen molar-refractivity contribution in [1.82, 2.24) is 0 Å². The second kappa shape index (κ2) is 4.56. The number of fused-ring (bicyclic) bond motifs is 1. The molecule has 2 aliphatic rings. The largest absolute Gasteiger partial charge is 0.494 e. The first-order valence-electron chi connectivity index (χ1n) is 7.80. The van der Waals surface area contributed by atoms with Crippen LogP contribution in [0.15, 0.2) is 18.2 Å². The van der Waals surface area contributed by atoms with Crippen molar-refractivity contribution in [2.45, 2.75) is 70.8 Å². The molecular formula is C17H24BFO2. The lowest BCUT2D eigenvalue weighted by atomic mass is 9.73. The third kappa shape index (κ3) is 2.42. The van der Waals surface area contributed by atoms with E-state index in [1.54, 1.807) is 6.92 Å². The molecule has 114 valence electrons. The fourth-order valence-electron chi connectivity index (χ4n) is 3.17. The standard InChI is InChI=1S/C17H24BFO2/c1-15(2)16(3,4)21-18(20-15)13-9-8-12-7-6-10-17(5,19)14(12)11-13/h8-9,11H,6-7,10H2,1-5H3. The van der Waals surface area contributed by atoms with Gasteiger partial charge in [-0.1, -0.05) is 18.2 Å². The van der Waals surface area contributed by atoms with E-state index in [0.717, 1.165) is 29.4 Å². The van der Waals surface area contributed by atoms with E-state index in [1.807, 2.05) is 45.9 Å². The molecule has 0 N–H and O–H groups in total. The van der Waals surface area contributed by atoms with Crippen molar-refractivity contribution in [3.05, 3.63) is 29.3 Å². The number of rotatable bonds is 1. The first-order valence-corrected chi connectivity index (χ1v) is 7.80. The Balaban J connectivity index is 1.95. The highest BCUT2D eigenvalue weighted by atomic mass is 19.1. The molecule has 1 aliphatic heterocycles. The van der Waals surface area contributed by atoms with Crippen molar-refractivity contribution < 1.29 is 13.7 Å². The zero-order valence-electron chi connectivity index (χ0n) is 13.6. The molecule has 2 nitrogen and oxygen atoms in total. The molecule has 0 saturated carbocycles. The number of aryl methyl sites for hydroxylation is 1. The van der Waals surface area contributed by atoms with Gasteiger partial charge in [0.25, 0.3) is 0 Å². The van der Waals surface area contributed by atoms with Gasteiger partial charge in [-0.3, -0.25) is 0 Å². The van der Waals surface area contributed by atoms with E-state index >= 15 is 0 Å². The minimum atomic E-state index is -1.24. The van der Waals surface area contributed by atoms with Gasteiger partial charge in [-0.15, -0.1) is 0 Å². The monoisotopic (exact) mass is 290 g/mol. The summed E-state index contributed by atoms with van der Waals surface area (Å²) in [6.07, 6.45) is 2.46. The van der Waals surface area contributed by atoms with E-state index in [1.165, 1.54) is 0 Å². The smallest absolute Gasteiger partial charge is 0.399 e. The Morgan fingerprint density at radius 3 is 2.29 bits per heavy atom. The van der Waals surface area contributed by atoms with Crippen molar-refractivity contribution >= 4 is 12.6 Å². The van der Waals surface area contributed by atoms with Crippen LogP contribution in [0.3, 0.4) is 0 Å². The van der Waals surface area contributed by atoms with Crippen LogP contribution < -0.4 is 5.46 Å². The third-order valence-electron chi connectivity index (χ3n) is 5.31.